The van der Waals surface area contributed by atoms with Crippen LogP contribution in [0.3, 0.4) is 0 Å². The Morgan fingerprint density at radius 2 is 2.25 bits per heavy atom. The number of ether oxygens (including phenoxy) is 1. The van der Waals surface area contributed by atoms with Crippen LogP contribution in [-0.4, -0.2) is 18.7 Å². The van der Waals surface area contributed by atoms with E-state index in [4.69, 9.17) is 4.74 Å². The Bertz CT molecular complexity index is 336. The van der Waals surface area contributed by atoms with Crippen molar-refractivity contribution in [2.75, 3.05) is 6.54 Å². The fourth-order valence-corrected chi connectivity index (χ4v) is 2.44. The highest BCUT2D eigenvalue weighted by molar-refractivity contribution is 9.10. The van der Waals surface area contributed by atoms with Crippen LogP contribution in [0.4, 0.5) is 0 Å². The lowest BCUT2D eigenvalue weighted by atomic mass is 9.89. The maximum Gasteiger partial charge on any atom is 0.0721 e. The fraction of sp³-hybridized carbons (Fsp3) is 0.538. The highest BCUT2D eigenvalue weighted by Crippen LogP contribution is 2.24. The average Bonchev–Trinajstić information content (AvgIpc) is 2.21. The highest BCUT2D eigenvalue weighted by Gasteiger charge is 2.28. The molecule has 16 heavy (non-hydrogen) atoms. The molecule has 1 aliphatic carbocycles. The molecule has 1 saturated carbocycles. The molecule has 0 aromatic heterocycles. The maximum atomic E-state index is 5.83. The van der Waals surface area contributed by atoms with Gasteiger partial charge in [0.2, 0.25) is 0 Å². The second kappa shape index (κ2) is 5.80. The molecule has 1 aromatic rings. The van der Waals surface area contributed by atoms with Crippen LogP contribution >= 0.6 is 15.9 Å². The Morgan fingerprint density at radius 3 is 2.94 bits per heavy atom. The summed E-state index contributed by atoms with van der Waals surface area (Å²) >= 11 is 3.46. The minimum Gasteiger partial charge on any atom is -0.373 e. The van der Waals surface area contributed by atoms with E-state index in [0.717, 1.165) is 30.5 Å². The van der Waals surface area contributed by atoms with Gasteiger partial charge in [-0.3, -0.25) is 0 Å². The van der Waals surface area contributed by atoms with Crippen LogP contribution in [0.25, 0.3) is 0 Å². The molecule has 0 radical (unpaired) electrons. The lowest BCUT2D eigenvalue weighted by molar-refractivity contribution is -0.0261. The van der Waals surface area contributed by atoms with Gasteiger partial charge in [0, 0.05) is 10.5 Å². The third kappa shape index (κ3) is 3.30. The van der Waals surface area contributed by atoms with Crippen LogP contribution in [0.1, 0.15) is 25.3 Å². The lowest BCUT2D eigenvalue weighted by Crippen LogP contribution is -2.45. The van der Waals surface area contributed by atoms with Gasteiger partial charge in [0.1, 0.15) is 0 Å². The molecule has 0 aliphatic heterocycles. The van der Waals surface area contributed by atoms with Crippen molar-refractivity contribution in [1.29, 1.82) is 0 Å². The van der Waals surface area contributed by atoms with Gasteiger partial charge in [0.15, 0.2) is 0 Å². The molecule has 0 heterocycles. The molecule has 1 N–H and O–H groups in total. The minimum atomic E-state index is 0.447. The summed E-state index contributed by atoms with van der Waals surface area (Å²) in [5.74, 6) is 0. The molecule has 0 saturated heterocycles. The second-order valence-electron chi connectivity index (χ2n) is 4.29. The van der Waals surface area contributed by atoms with Gasteiger partial charge < -0.3 is 10.1 Å². The van der Waals surface area contributed by atoms with Crippen molar-refractivity contribution in [2.45, 2.75) is 38.5 Å². The van der Waals surface area contributed by atoms with E-state index in [1.165, 1.54) is 5.56 Å². The van der Waals surface area contributed by atoms with Crippen molar-refractivity contribution >= 4 is 15.9 Å². The molecule has 2 nitrogen and oxygen atoms in total. The SMILES string of the molecule is CCNC1CC(OCc2cccc(Br)c2)C1. The Morgan fingerprint density at radius 1 is 1.44 bits per heavy atom. The number of hydrogen-bond donors (Lipinski definition) is 1. The van der Waals surface area contributed by atoms with Crippen LogP contribution < -0.4 is 5.32 Å². The average molecular weight is 284 g/mol. The molecule has 0 atom stereocenters. The zero-order valence-electron chi connectivity index (χ0n) is 9.58. The summed E-state index contributed by atoms with van der Waals surface area (Å²) in [4.78, 5) is 0. The molecular weight excluding hydrogens is 266 g/mol. The molecule has 88 valence electrons. The molecule has 0 amide bonds. The first-order valence-electron chi connectivity index (χ1n) is 5.87. The molecule has 1 aromatic carbocycles. The number of benzene rings is 1. The largest absolute Gasteiger partial charge is 0.373 e. The van der Waals surface area contributed by atoms with Crippen molar-refractivity contribution in [3.63, 3.8) is 0 Å². The predicted octanol–water partition coefficient (Wildman–Crippen LogP) is 3.11. The van der Waals surface area contributed by atoms with E-state index in [-0.39, 0.29) is 0 Å². The Balaban J connectivity index is 1.69. The predicted molar refractivity (Wildman–Crippen MR) is 69.4 cm³/mol. The quantitative estimate of drug-likeness (QED) is 0.897. The monoisotopic (exact) mass is 283 g/mol. The summed E-state index contributed by atoms with van der Waals surface area (Å²) in [6.45, 7) is 3.93. The number of hydrogen-bond acceptors (Lipinski definition) is 2. The molecule has 1 fully saturated rings. The number of rotatable bonds is 5. The van der Waals surface area contributed by atoms with Crippen LogP contribution in [0.15, 0.2) is 28.7 Å². The summed E-state index contributed by atoms with van der Waals surface area (Å²) < 4.78 is 6.95. The van der Waals surface area contributed by atoms with Crippen LogP contribution in [0.5, 0.6) is 0 Å². The van der Waals surface area contributed by atoms with Gasteiger partial charge in [-0.1, -0.05) is 35.0 Å². The molecular formula is C13H18BrNO. The van der Waals surface area contributed by atoms with Gasteiger partial charge in [0.25, 0.3) is 0 Å². The fourth-order valence-electron chi connectivity index (χ4n) is 2.00. The molecule has 0 unspecified atom stereocenters. The number of halogens is 1. The van der Waals surface area contributed by atoms with Crippen LogP contribution in [0.2, 0.25) is 0 Å². The molecule has 3 heteroatoms. The van der Waals surface area contributed by atoms with Crippen molar-refractivity contribution < 1.29 is 4.74 Å². The standard InChI is InChI=1S/C13H18BrNO/c1-2-15-12-7-13(8-12)16-9-10-4-3-5-11(14)6-10/h3-6,12-13,15H,2,7-9H2,1H3. The van der Waals surface area contributed by atoms with Crippen LogP contribution in [-0.2, 0) is 11.3 Å². The van der Waals surface area contributed by atoms with Crippen molar-refractivity contribution in [2.24, 2.45) is 0 Å². The molecule has 1 aliphatic rings. The van der Waals surface area contributed by atoms with Gasteiger partial charge in [-0.15, -0.1) is 0 Å². The van der Waals surface area contributed by atoms with Crippen molar-refractivity contribution in [3.05, 3.63) is 34.3 Å². The topological polar surface area (TPSA) is 21.3 Å². The molecule has 0 bridgehead atoms. The highest BCUT2D eigenvalue weighted by atomic mass is 79.9. The van der Waals surface area contributed by atoms with Gasteiger partial charge >= 0.3 is 0 Å². The summed E-state index contributed by atoms with van der Waals surface area (Å²) in [7, 11) is 0. The first-order valence-corrected chi connectivity index (χ1v) is 6.66. The van der Waals surface area contributed by atoms with E-state index in [2.05, 4.69) is 40.3 Å². The van der Waals surface area contributed by atoms with E-state index >= 15 is 0 Å². The first-order chi connectivity index (χ1) is 7.78. The van der Waals surface area contributed by atoms with E-state index in [1.54, 1.807) is 0 Å². The Hall–Kier alpha value is -0.380. The smallest absolute Gasteiger partial charge is 0.0721 e. The lowest BCUT2D eigenvalue weighted by Gasteiger charge is -2.35. The second-order valence-corrected chi connectivity index (χ2v) is 5.20. The molecule has 2 rings (SSSR count). The summed E-state index contributed by atoms with van der Waals surface area (Å²) in [6, 6.07) is 8.97. The zero-order valence-corrected chi connectivity index (χ0v) is 11.2. The minimum absolute atomic E-state index is 0.447. The molecule has 0 spiro atoms. The maximum absolute atomic E-state index is 5.83. The zero-order chi connectivity index (χ0) is 11.4. The van der Waals surface area contributed by atoms with E-state index in [1.807, 2.05) is 12.1 Å². The van der Waals surface area contributed by atoms with E-state index in [9.17, 15) is 0 Å². The Labute approximate surface area is 106 Å². The third-order valence-corrected chi connectivity index (χ3v) is 3.46. The van der Waals surface area contributed by atoms with Crippen molar-refractivity contribution in [1.82, 2.24) is 5.32 Å². The van der Waals surface area contributed by atoms with Crippen molar-refractivity contribution in [3.8, 4) is 0 Å². The van der Waals surface area contributed by atoms with Gasteiger partial charge in [-0.2, -0.15) is 0 Å². The van der Waals surface area contributed by atoms with Gasteiger partial charge in [-0.05, 0) is 37.1 Å². The van der Waals surface area contributed by atoms with Gasteiger partial charge in [0.05, 0.1) is 12.7 Å². The summed E-state index contributed by atoms with van der Waals surface area (Å²) in [5.41, 5.74) is 1.24. The normalized spacial score (nSPS) is 24.1. The van der Waals surface area contributed by atoms with Gasteiger partial charge in [-0.25, -0.2) is 0 Å². The Kier molecular flexibility index (Phi) is 4.38. The first kappa shape index (κ1) is 12.1. The van der Waals surface area contributed by atoms with E-state index < -0.39 is 0 Å². The number of nitrogens with one attached hydrogen (secondary N) is 1. The van der Waals surface area contributed by atoms with E-state index in [0.29, 0.717) is 12.1 Å². The third-order valence-electron chi connectivity index (χ3n) is 2.96. The summed E-state index contributed by atoms with van der Waals surface area (Å²) in [5, 5.41) is 3.43. The summed E-state index contributed by atoms with van der Waals surface area (Å²) in [6.07, 6.45) is 2.76. The van der Waals surface area contributed by atoms with Crippen LogP contribution in [0, 0.1) is 0 Å².